The molecular formula is C10H20N2O2. The average Bonchev–Trinajstić information content (AvgIpc) is 1.91. The number of amides is 1. The van der Waals surface area contributed by atoms with Crippen molar-refractivity contribution in [3.63, 3.8) is 0 Å². The minimum atomic E-state index is -0.799. The second-order valence-electron chi connectivity index (χ2n) is 5.25. The Balaban J connectivity index is 2.42. The van der Waals surface area contributed by atoms with E-state index in [0.29, 0.717) is 19.0 Å². The highest BCUT2D eigenvalue weighted by molar-refractivity contribution is 5.65. The Hall–Kier alpha value is -0.770. The summed E-state index contributed by atoms with van der Waals surface area (Å²) in [5.41, 5.74) is 0.0373. The number of nitrogens with one attached hydrogen (secondary N) is 1. The van der Waals surface area contributed by atoms with E-state index in [-0.39, 0.29) is 5.41 Å². The van der Waals surface area contributed by atoms with Gasteiger partial charge < -0.3 is 15.3 Å². The topological polar surface area (TPSA) is 52.6 Å². The number of hydrogen-bond donors (Lipinski definition) is 2. The molecule has 0 radical (unpaired) electrons. The van der Waals surface area contributed by atoms with Gasteiger partial charge >= 0.3 is 6.09 Å². The fraction of sp³-hybridized carbons (Fsp3) is 0.900. The summed E-state index contributed by atoms with van der Waals surface area (Å²) < 4.78 is 0. The van der Waals surface area contributed by atoms with E-state index in [4.69, 9.17) is 5.11 Å². The zero-order valence-corrected chi connectivity index (χ0v) is 9.21. The van der Waals surface area contributed by atoms with Crippen LogP contribution in [0.2, 0.25) is 0 Å². The summed E-state index contributed by atoms with van der Waals surface area (Å²) in [6, 6.07) is 0. The van der Waals surface area contributed by atoms with Crippen LogP contribution in [0.4, 0.5) is 4.79 Å². The average molecular weight is 200 g/mol. The Morgan fingerprint density at radius 2 is 2.07 bits per heavy atom. The van der Waals surface area contributed by atoms with Gasteiger partial charge in [0.25, 0.3) is 0 Å². The van der Waals surface area contributed by atoms with Crippen LogP contribution < -0.4 is 5.32 Å². The van der Waals surface area contributed by atoms with E-state index in [1.54, 1.807) is 0 Å². The molecule has 1 rings (SSSR count). The lowest BCUT2D eigenvalue weighted by molar-refractivity contribution is 0.109. The fourth-order valence-corrected chi connectivity index (χ4v) is 1.57. The maximum Gasteiger partial charge on any atom is 0.407 e. The molecule has 2 N–H and O–H groups in total. The Morgan fingerprint density at radius 3 is 2.36 bits per heavy atom. The van der Waals surface area contributed by atoms with Crippen LogP contribution in [0.25, 0.3) is 0 Å². The van der Waals surface area contributed by atoms with Crippen molar-refractivity contribution in [2.45, 2.75) is 20.8 Å². The third-order valence-corrected chi connectivity index (χ3v) is 2.28. The lowest BCUT2D eigenvalue weighted by atomic mass is 9.95. The molecule has 1 amide bonds. The van der Waals surface area contributed by atoms with Crippen molar-refractivity contribution in [3.8, 4) is 0 Å². The highest BCUT2D eigenvalue weighted by Crippen LogP contribution is 2.17. The summed E-state index contributed by atoms with van der Waals surface area (Å²) in [7, 11) is 0. The van der Waals surface area contributed by atoms with Gasteiger partial charge in [-0.1, -0.05) is 20.8 Å². The first-order valence-corrected chi connectivity index (χ1v) is 5.07. The monoisotopic (exact) mass is 200 g/mol. The van der Waals surface area contributed by atoms with Crippen LogP contribution in [0.3, 0.4) is 0 Å². The number of rotatable bonds is 3. The number of carbonyl (C=O) groups is 1. The molecule has 0 aromatic carbocycles. The lowest BCUT2D eigenvalue weighted by Gasteiger charge is -2.34. The van der Waals surface area contributed by atoms with E-state index >= 15 is 0 Å². The first-order chi connectivity index (χ1) is 6.38. The molecule has 4 nitrogen and oxygen atoms in total. The molecule has 1 fully saturated rings. The van der Waals surface area contributed by atoms with E-state index in [2.05, 4.69) is 26.1 Å². The molecule has 1 heterocycles. The molecule has 82 valence electrons. The predicted molar refractivity (Wildman–Crippen MR) is 55.4 cm³/mol. The molecule has 0 unspecified atom stereocenters. The number of nitrogens with zero attached hydrogens (tertiary/aromatic N) is 1. The van der Waals surface area contributed by atoms with Crippen LogP contribution in [-0.2, 0) is 0 Å². The normalized spacial score (nSPS) is 17.6. The van der Waals surface area contributed by atoms with Gasteiger partial charge in [-0.05, 0) is 5.41 Å². The smallest absolute Gasteiger partial charge is 0.407 e. The fourth-order valence-electron chi connectivity index (χ4n) is 1.57. The first-order valence-electron chi connectivity index (χ1n) is 5.07. The van der Waals surface area contributed by atoms with Crippen LogP contribution in [0.1, 0.15) is 20.8 Å². The van der Waals surface area contributed by atoms with Gasteiger partial charge in [0.2, 0.25) is 0 Å². The largest absolute Gasteiger partial charge is 0.465 e. The third kappa shape index (κ3) is 3.54. The summed E-state index contributed by atoms with van der Waals surface area (Å²) in [4.78, 5) is 12.5. The van der Waals surface area contributed by atoms with Crippen LogP contribution in [0.5, 0.6) is 0 Å². The highest BCUT2D eigenvalue weighted by Gasteiger charge is 2.26. The van der Waals surface area contributed by atoms with E-state index in [1.165, 1.54) is 4.90 Å². The van der Waals surface area contributed by atoms with Gasteiger partial charge in [0.15, 0.2) is 0 Å². The molecule has 1 aliphatic rings. The Bertz CT molecular complexity index is 207. The molecule has 14 heavy (non-hydrogen) atoms. The Kier molecular flexibility index (Phi) is 3.37. The summed E-state index contributed by atoms with van der Waals surface area (Å²) >= 11 is 0. The van der Waals surface area contributed by atoms with Gasteiger partial charge in [0, 0.05) is 32.1 Å². The molecule has 0 aromatic heterocycles. The minimum absolute atomic E-state index is 0.0373. The van der Waals surface area contributed by atoms with E-state index in [0.717, 1.165) is 13.1 Å². The van der Waals surface area contributed by atoms with E-state index < -0.39 is 6.09 Å². The molecule has 1 saturated heterocycles. The van der Waals surface area contributed by atoms with Gasteiger partial charge in [0.1, 0.15) is 0 Å². The maximum atomic E-state index is 11.0. The van der Waals surface area contributed by atoms with Gasteiger partial charge in [0.05, 0.1) is 0 Å². The molecule has 0 saturated carbocycles. The summed E-state index contributed by atoms with van der Waals surface area (Å²) in [5, 5.41) is 12.2. The second-order valence-corrected chi connectivity index (χ2v) is 5.25. The Labute approximate surface area is 85.3 Å². The third-order valence-electron chi connectivity index (χ3n) is 2.28. The number of carboxylic acid groups (broad SMARTS) is 1. The molecule has 0 atom stereocenters. The molecular weight excluding hydrogens is 180 g/mol. The van der Waals surface area contributed by atoms with Crippen LogP contribution in [0.15, 0.2) is 0 Å². The predicted octanol–water partition coefficient (Wildman–Crippen LogP) is 1.23. The molecule has 0 bridgehead atoms. The highest BCUT2D eigenvalue weighted by atomic mass is 16.4. The maximum absolute atomic E-state index is 11.0. The summed E-state index contributed by atoms with van der Waals surface area (Å²) in [6.07, 6.45) is -0.799. The van der Waals surface area contributed by atoms with E-state index in [1.807, 2.05) is 0 Å². The van der Waals surface area contributed by atoms with E-state index in [9.17, 15) is 4.79 Å². The zero-order chi connectivity index (χ0) is 10.8. The van der Waals surface area contributed by atoms with Crippen LogP contribution in [-0.4, -0.2) is 42.3 Å². The number of hydrogen-bond acceptors (Lipinski definition) is 2. The Morgan fingerprint density at radius 1 is 1.50 bits per heavy atom. The summed E-state index contributed by atoms with van der Waals surface area (Å²) in [6.45, 7) is 9.35. The van der Waals surface area contributed by atoms with Gasteiger partial charge in [-0.15, -0.1) is 0 Å². The SMILES string of the molecule is CC(C)(C)CN(CC1CNC1)C(=O)O. The quantitative estimate of drug-likeness (QED) is 0.720. The molecule has 1 aliphatic heterocycles. The van der Waals surface area contributed by atoms with Crippen molar-refractivity contribution >= 4 is 6.09 Å². The van der Waals surface area contributed by atoms with Crippen molar-refractivity contribution in [1.82, 2.24) is 10.2 Å². The minimum Gasteiger partial charge on any atom is -0.465 e. The molecule has 0 aliphatic carbocycles. The summed E-state index contributed by atoms with van der Waals surface area (Å²) in [5.74, 6) is 0.508. The molecule has 0 aromatic rings. The van der Waals surface area contributed by atoms with Crippen LogP contribution >= 0.6 is 0 Å². The van der Waals surface area contributed by atoms with Crippen molar-refractivity contribution in [2.24, 2.45) is 11.3 Å². The van der Waals surface area contributed by atoms with Crippen molar-refractivity contribution in [1.29, 1.82) is 0 Å². The first kappa shape index (κ1) is 11.3. The molecule has 4 heteroatoms. The van der Waals surface area contributed by atoms with Gasteiger partial charge in [-0.3, -0.25) is 0 Å². The van der Waals surface area contributed by atoms with Crippen LogP contribution in [0, 0.1) is 11.3 Å². The van der Waals surface area contributed by atoms with Gasteiger partial charge in [-0.25, -0.2) is 4.79 Å². The second kappa shape index (κ2) is 4.17. The van der Waals surface area contributed by atoms with Gasteiger partial charge in [-0.2, -0.15) is 0 Å². The van der Waals surface area contributed by atoms with Crippen molar-refractivity contribution < 1.29 is 9.90 Å². The molecule has 0 spiro atoms. The zero-order valence-electron chi connectivity index (χ0n) is 9.21. The van der Waals surface area contributed by atoms with Crippen molar-refractivity contribution in [2.75, 3.05) is 26.2 Å². The standard InChI is InChI=1S/C10H20N2O2/c1-10(2,3)7-12(9(13)14)6-8-4-11-5-8/h8,11H,4-7H2,1-3H3,(H,13,14). The lowest BCUT2D eigenvalue weighted by Crippen LogP contribution is -2.50. The van der Waals surface area contributed by atoms with Crippen molar-refractivity contribution in [3.05, 3.63) is 0 Å².